The first-order valence-corrected chi connectivity index (χ1v) is 9.92. The molecule has 0 atom stereocenters. The van der Waals surface area contributed by atoms with E-state index in [9.17, 15) is 9.59 Å². The number of nitrogens with zero attached hydrogens (tertiary/aromatic N) is 2. The molecule has 0 aromatic heterocycles. The molecule has 26 heavy (non-hydrogen) atoms. The third kappa shape index (κ3) is 5.13. The van der Waals surface area contributed by atoms with Crippen LogP contribution in [0.4, 0.5) is 0 Å². The summed E-state index contributed by atoms with van der Waals surface area (Å²) in [7, 11) is 0. The Bertz CT molecular complexity index is 643. The van der Waals surface area contributed by atoms with Gasteiger partial charge in [0.2, 0.25) is 11.8 Å². The van der Waals surface area contributed by atoms with Crippen LogP contribution in [0.3, 0.4) is 0 Å². The SMILES string of the molecule is CCOc1cc(Br)c(CC(=O)N2CCN(C(=O)CC)CC2)cc1OCC. The fraction of sp³-hybridized carbons (Fsp3) is 0.579. The molecule has 6 nitrogen and oxygen atoms in total. The molecule has 1 aromatic rings. The van der Waals surface area contributed by atoms with Crippen LogP contribution in [0, 0.1) is 0 Å². The van der Waals surface area contributed by atoms with Gasteiger partial charge >= 0.3 is 0 Å². The van der Waals surface area contributed by atoms with Gasteiger partial charge in [-0.05, 0) is 31.5 Å². The summed E-state index contributed by atoms with van der Waals surface area (Å²) in [6.07, 6.45) is 0.794. The first-order chi connectivity index (χ1) is 12.5. The lowest BCUT2D eigenvalue weighted by molar-refractivity contribution is -0.139. The number of hydrogen-bond acceptors (Lipinski definition) is 4. The van der Waals surface area contributed by atoms with Crippen molar-refractivity contribution < 1.29 is 19.1 Å². The molecule has 0 aliphatic carbocycles. The molecule has 7 heteroatoms. The van der Waals surface area contributed by atoms with Crippen LogP contribution in [0.1, 0.15) is 32.8 Å². The highest BCUT2D eigenvalue weighted by atomic mass is 79.9. The Labute approximate surface area is 163 Å². The van der Waals surface area contributed by atoms with Crippen molar-refractivity contribution in [1.82, 2.24) is 9.80 Å². The third-order valence-corrected chi connectivity index (χ3v) is 5.08. The van der Waals surface area contributed by atoms with Crippen molar-refractivity contribution in [2.24, 2.45) is 0 Å². The maximum absolute atomic E-state index is 12.7. The van der Waals surface area contributed by atoms with E-state index < -0.39 is 0 Å². The van der Waals surface area contributed by atoms with Crippen molar-refractivity contribution in [1.29, 1.82) is 0 Å². The van der Waals surface area contributed by atoms with Gasteiger partial charge in [0.05, 0.1) is 19.6 Å². The Balaban J connectivity index is 2.04. The second-order valence-electron chi connectivity index (χ2n) is 6.05. The first kappa shape index (κ1) is 20.6. The molecule has 1 heterocycles. The van der Waals surface area contributed by atoms with Gasteiger partial charge in [-0.2, -0.15) is 0 Å². The number of ether oxygens (including phenoxy) is 2. The van der Waals surface area contributed by atoms with Gasteiger partial charge in [-0.25, -0.2) is 0 Å². The van der Waals surface area contributed by atoms with Gasteiger partial charge in [0.1, 0.15) is 0 Å². The zero-order chi connectivity index (χ0) is 19.1. The number of benzene rings is 1. The lowest BCUT2D eigenvalue weighted by atomic mass is 10.1. The van der Waals surface area contributed by atoms with E-state index in [0.29, 0.717) is 57.3 Å². The zero-order valence-corrected chi connectivity index (χ0v) is 17.3. The van der Waals surface area contributed by atoms with Crippen molar-refractivity contribution in [2.45, 2.75) is 33.6 Å². The van der Waals surface area contributed by atoms with Gasteiger partial charge in [0.15, 0.2) is 11.5 Å². The van der Waals surface area contributed by atoms with E-state index in [4.69, 9.17) is 9.47 Å². The van der Waals surface area contributed by atoms with Gasteiger partial charge < -0.3 is 19.3 Å². The summed E-state index contributed by atoms with van der Waals surface area (Å²) in [5, 5.41) is 0. The number of amides is 2. The zero-order valence-electron chi connectivity index (χ0n) is 15.7. The predicted molar refractivity (Wildman–Crippen MR) is 104 cm³/mol. The minimum atomic E-state index is 0.0564. The lowest BCUT2D eigenvalue weighted by Crippen LogP contribution is -2.50. The van der Waals surface area contributed by atoms with Crippen LogP contribution < -0.4 is 9.47 Å². The smallest absolute Gasteiger partial charge is 0.227 e. The lowest BCUT2D eigenvalue weighted by Gasteiger charge is -2.34. The van der Waals surface area contributed by atoms with Gasteiger partial charge in [0.25, 0.3) is 0 Å². The summed E-state index contributed by atoms with van der Waals surface area (Å²) in [6.45, 7) is 9.15. The van der Waals surface area contributed by atoms with E-state index in [2.05, 4.69) is 15.9 Å². The topological polar surface area (TPSA) is 59.1 Å². The van der Waals surface area contributed by atoms with Gasteiger partial charge in [-0.1, -0.05) is 22.9 Å². The highest BCUT2D eigenvalue weighted by Crippen LogP contribution is 2.34. The summed E-state index contributed by atoms with van der Waals surface area (Å²) in [4.78, 5) is 28.1. The van der Waals surface area contributed by atoms with Crippen molar-refractivity contribution in [3.05, 3.63) is 22.2 Å². The molecule has 1 aromatic carbocycles. The molecule has 1 aliphatic rings. The average molecular weight is 427 g/mol. The van der Waals surface area contributed by atoms with Crippen LogP contribution >= 0.6 is 15.9 Å². The average Bonchev–Trinajstić information content (AvgIpc) is 2.65. The minimum Gasteiger partial charge on any atom is -0.490 e. The molecule has 0 spiro atoms. The van der Waals surface area contributed by atoms with E-state index in [1.165, 1.54) is 0 Å². The van der Waals surface area contributed by atoms with Gasteiger partial charge in [0, 0.05) is 37.1 Å². The van der Waals surface area contributed by atoms with Crippen molar-refractivity contribution in [3.8, 4) is 11.5 Å². The molecule has 0 unspecified atom stereocenters. The van der Waals surface area contributed by atoms with Crippen LogP contribution in [0.2, 0.25) is 0 Å². The van der Waals surface area contributed by atoms with E-state index in [1.54, 1.807) is 0 Å². The summed E-state index contributed by atoms with van der Waals surface area (Å²) in [5.74, 6) is 1.52. The quantitative estimate of drug-likeness (QED) is 0.672. The van der Waals surface area contributed by atoms with Crippen molar-refractivity contribution in [3.63, 3.8) is 0 Å². The molecule has 2 amide bonds. The summed E-state index contributed by atoms with van der Waals surface area (Å²) < 4.78 is 12.1. The predicted octanol–water partition coefficient (Wildman–Crippen LogP) is 2.87. The Morgan fingerprint density at radius 1 is 0.923 bits per heavy atom. The second-order valence-corrected chi connectivity index (χ2v) is 6.90. The van der Waals surface area contributed by atoms with Crippen LogP contribution in [-0.2, 0) is 16.0 Å². The van der Waals surface area contributed by atoms with E-state index >= 15 is 0 Å². The molecule has 0 saturated carbocycles. The highest BCUT2D eigenvalue weighted by Gasteiger charge is 2.24. The molecule has 0 radical (unpaired) electrons. The Morgan fingerprint density at radius 3 is 1.92 bits per heavy atom. The number of piperazine rings is 1. The maximum atomic E-state index is 12.7. The normalized spacial score (nSPS) is 14.3. The molecule has 1 aliphatic heterocycles. The van der Waals surface area contributed by atoms with Gasteiger partial charge in [-0.3, -0.25) is 9.59 Å². The monoisotopic (exact) mass is 426 g/mol. The van der Waals surface area contributed by atoms with Crippen LogP contribution in [0.15, 0.2) is 16.6 Å². The molecule has 0 N–H and O–H groups in total. The standard InChI is InChI=1S/C19H27BrN2O4/c1-4-18(23)21-7-9-22(10-8-21)19(24)12-14-11-16(25-5-2)17(26-6-3)13-15(14)20/h11,13H,4-10,12H2,1-3H3. The Kier molecular flexibility index (Phi) is 7.75. The Morgan fingerprint density at radius 2 is 1.42 bits per heavy atom. The maximum Gasteiger partial charge on any atom is 0.227 e. The number of rotatable bonds is 7. The number of hydrogen-bond donors (Lipinski definition) is 0. The summed E-state index contributed by atoms with van der Waals surface area (Å²) >= 11 is 3.53. The summed E-state index contributed by atoms with van der Waals surface area (Å²) in [6, 6.07) is 3.72. The fourth-order valence-electron chi connectivity index (χ4n) is 2.95. The van der Waals surface area contributed by atoms with Gasteiger partial charge in [-0.15, -0.1) is 0 Å². The largest absolute Gasteiger partial charge is 0.490 e. The Hall–Kier alpha value is -1.76. The molecule has 144 valence electrons. The van der Waals surface area contributed by atoms with Crippen molar-refractivity contribution >= 4 is 27.7 Å². The number of carbonyl (C=O) groups is 2. The molecule has 1 saturated heterocycles. The summed E-state index contributed by atoms with van der Waals surface area (Å²) in [5.41, 5.74) is 0.869. The second kappa shape index (κ2) is 9.80. The van der Waals surface area contributed by atoms with Crippen LogP contribution in [0.5, 0.6) is 11.5 Å². The first-order valence-electron chi connectivity index (χ1n) is 9.13. The minimum absolute atomic E-state index is 0.0564. The van der Waals surface area contributed by atoms with Crippen molar-refractivity contribution in [2.75, 3.05) is 39.4 Å². The van der Waals surface area contributed by atoms with Crippen LogP contribution in [-0.4, -0.2) is 61.0 Å². The van der Waals surface area contributed by atoms with E-state index in [-0.39, 0.29) is 18.2 Å². The molecule has 1 fully saturated rings. The highest BCUT2D eigenvalue weighted by molar-refractivity contribution is 9.10. The number of halogens is 1. The van der Waals surface area contributed by atoms with Crippen LogP contribution in [0.25, 0.3) is 0 Å². The fourth-order valence-corrected chi connectivity index (χ4v) is 3.42. The molecular formula is C19H27BrN2O4. The molecular weight excluding hydrogens is 400 g/mol. The van der Waals surface area contributed by atoms with E-state index in [0.717, 1.165) is 10.0 Å². The third-order valence-electron chi connectivity index (χ3n) is 4.34. The van der Waals surface area contributed by atoms with E-state index in [1.807, 2.05) is 42.7 Å². The number of carbonyl (C=O) groups excluding carboxylic acids is 2. The molecule has 2 rings (SSSR count). The molecule has 0 bridgehead atoms.